The maximum absolute atomic E-state index is 10.5. The first-order valence-electron chi connectivity index (χ1n) is 9.68. The fraction of sp³-hybridized carbons (Fsp3) is 0.750. The lowest BCUT2D eigenvalue weighted by Gasteiger charge is -2.36. The van der Waals surface area contributed by atoms with E-state index in [1.165, 1.54) is 0 Å². The Balaban J connectivity index is 2.52. The molecule has 1 aliphatic heterocycles. The fourth-order valence-electron chi connectivity index (χ4n) is 3.10. The van der Waals surface area contributed by atoms with Crippen LogP contribution in [0.1, 0.15) is 64.7 Å². The van der Waals surface area contributed by atoms with Crippen LogP contribution in [0.25, 0.3) is 0 Å². The van der Waals surface area contributed by atoms with Crippen LogP contribution in [0.15, 0.2) is 24.3 Å². The van der Waals surface area contributed by atoms with E-state index in [1.54, 1.807) is 12.2 Å². The van der Waals surface area contributed by atoms with Crippen LogP contribution < -0.4 is 0 Å². The van der Waals surface area contributed by atoms with Gasteiger partial charge in [-0.25, -0.2) is 0 Å². The molecule has 0 aliphatic carbocycles. The molecular weight excluding hydrogens is 336 g/mol. The summed E-state index contributed by atoms with van der Waals surface area (Å²) in [6, 6.07) is 0. The highest BCUT2D eigenvalue weighted by molar-refractivity contribution is 5.66. The number of carboxylic acids is 1. The van der Waals surface area contributed by atoms with Gasteiger partial charge < -0.3 is 25.2 Å². The van der Waals surface area contributed by atoms with Gasteiger partial charge >= 0.3 is 5.97 Å². The minimum atomic E-state index is -1.01. The van der Waals surface area contributed by atoms with Gasteiger partial charge in [0, 0.05) is 18.8 Å². The lowest BCUT2D eigenvalue weighted by molar-refractivity contribution is -0.199. The number of aliphatic hydroxyl groups excluding tert-OH is 3. The molecule has 1 heterocycles. The zero-order valence-corrected chi connectivity index (χ0v) is 15.7. The molecular formula is C20H34O6. The number of hydrogen-bond acceptors (Lipinski definition) is 5. The van der Waals surface area contributed by atoms with Crippen molar-refractivity contribution in [3.8, 4) is 0 Å². The topological polar surface area (TPSA) is 107 Å². The molecule has 1 aliphatic rings. The smallest absolute Gasteiger partial charge is 0.303 e. The first-order valence-corrected chi connectivity index (χ1v) is 9.68. The van der Waals surface area contributed by atoms with Crippen molar-refractivity contribution in [1.82, 2.24) is 0 Å². The van der Waals surface area contributed by atoms with Gasteiger partial charge in [-0.05, 0) is 25.7 Å². The molecule has 0 saturated carbocycles. The molecule has 0 radical (unpaired) electrons. The van der Waals surface area contributed by atoms with Crippen molar-refractivity contribution < 1.29 is 30.0 Å². The van der Waals surface area contributed by atoms with Crippen LogP contribution in [0, 0.1) is 5.92 Å². The quantitative estimate of drug-likeness (QED) is 0.311. The molecule has 26 heavy (non-hydrogen) atoms. The summed E-state index contributed by atoms with van der Waals surface area (Å²) in [5.41, 5.74) is 0. The van der Waals surface area contributed by atoms with E-state index < -0.39 is 30.6 Å². The van der Waals surface area contributed by atoms with E-state index in [9.17, 15) is 20.1 Å². The van der Waals surface area contributed by atoms with Gasteiger partial charge in [0.25, 0.3) is 0 Å². The Hall–Kier alpha value is -1.21. The normalized spacial score (nSPS) is 28.0. The Kier molecular flexibility index (Phi) is 11.4. The van der Waals surface area contributed by atoms with E-state index in [1.807, 2.05) is 12.2 Å². The second-order valence-corrected chi connectivity index (χ2v) is 6.96. The monoisotopic (exact) mass is 370 g/mol. The second-order valence-electron chi connectivity index (χ2n) is 6.96. The number of carbonyl (C=O) groups is 1. The number of unbranched alkanes of at least 4 members (excludes halogenated alkanes) is 3. The largest absolute Gasteiger partial charge is 0.481 e. The van der Waals surface area contributed by atoms with Crippen molar-refractivity contribution in [3.63, 3.8) is 0 Å². The third kappa shape index (κ3) is 9.48. The van der Waals surface area contributed by atoms with Crippen LogP contribution in [0.5, 0.6) is 0 Å². The molecule has 4 N–H and O–H groups in total. The molecule has 0 aromatic rings. The summed E-state index contributed by atoms with van der Waals surface area (Å²) in [5.74, 6) is -1.00. The molecule has 1 rings (SSSR count). The number of rotatable bonds is 12. The first-order chi connectivity index (χ1) is 12.4. The summed E-state index contributed by atoms with van der Waals surface area (Å²) >= 11 is 0. The van der Waals surface area contributed by atoms with Crippen molar-refractivity contribution >= 4 is 5.97 Å². The molecule has 0 spiro atoms. The molecule has 6 nitrogen and oxygen atoms in total. The Bertz CT molecular complexity index is 448. The van der Waals surface area contributed by atoms with E-state index in [0.29, 0.717) is 25.7 Å². The van der Waals surface area contributed by atoms with E-state index in [4.69, 9.17) is 9.84 Å². The fourth-order valence-corrected chi connectivity index (χ4v) is 3.10. The van der Waals surface area contributed by atoms with Gasteiger partial charge in [-0.3, -0.25) is 4.79 Å². The average molecular weight is 370 g/mol. The van der Waals surface area contributed by atoms with Gasteiger partial charge in [0.2, 0.25) is 0 Å². The van der Waals surface area contributed by atoms with Gasteiger partial charge in [-0.2, -0.15) is 0 Å². The van der Waals surface area contributed by atoms with E-state index in [2.05, 4.69) is 6.92 Å². The average Bonchev–Trinajstić information content (AvgIpc) is 2.57. The van der Waals surface area contributed by atoms with Crippen molar-refractivity contribution in [3.05, 3.63) is 24.3 Å². The van der Waals surface area contributed by atoms with Crippen LogP contribution in [0.2, 0.25) is 0 Å². The third-order valence-electron chi connectivity index (χ3n) is 4.64. The Morgan fingerprint density at radius 2 is 2.00 bits per heavy atom. The maximum Gasteiger partial charge on any atom is 0.303 e. The van der Waals surface area contributed by atoms with Gasteiger partial charge in [0.05, 0.1) is 18.3 Å². The number of allylic oxidation sites excluding steroid dienone is 2. The van der Waals surface area contributed by atoms with Crippen LogP contribution in [0.3, 0.4) is 0 Å². The lowest BCUT2D eigenvalue weighted by atomic mass is 9.87. The summed E-state index contributed by atoms with van der Waals surface area (Å²) in [5, 5.41) is 38.7. The van der Waals surface area contributed by atoms with E-state index in [0.717, 1.165) is 19.3 Å². The SMILES string of the molecule is CCCCC[C@H](O)/C=C/[C@H]1O[C@H](O)C[C@@H](O)[C@H]1C/C=C\CCCC(=O)O. The zero-order chi connectivity index (χ0) is 19.4. The minimum Gasteiger partial charge on any atom is -0.481 e. The highest BCUT2D eigenvalue weighted by Crippen LogP contribution is 2.29. The minimum absolute atomic E-state index is 0.146. The van der Waals surface area contributed by atoms with Crippen LogP contribution in [-0.4, -0.2) is 51.0 Å². The van der Waals surface area contributed by atoms with E-state index >= 15 is 0 Å². The van der Waals surface area contributed by atoms with E-state index in [-0.39, 0.29) is 18.8 Å². The Morgan fingerprint density at radius 1 is 1.23 bits per heavy atom. The molecule has 0 aromatic heterocycles. The standard InChI is InChI=1S/C20H34O6/c1-2-3-6-9-15(21)12-13-18-16(17(22)14-20(25)26-18)10-7-4-5-8-11-19(23)24/h4,7,12-13,15-18,20-22,25H,2-3,5-6,8-11,14H2,1H3,(H,23,24)/b7-4-,13-12+/t15-,16+,17+,18+,20-/m0/s1. The summed E-state index contributed by atoms with van der Waals surface area (Å²) in [6.07, 6.45) is 10.5. The summed E-state index contributed by atoms with van der Waals surface area (Å²) in [6.45, 7) is 2.11. The van der Waals surface area contributed by atoms with Crippen molar-refractivity contribution in [1.29, 1.82) is 0 Å². The van der Waals surface area contributed by atoms with Crippen LogP contribution in [-0.2, 0) is 9.53 Å². The molecule has 5 atom stereocenters. The maximum atomic E-state index is 10.5. The lowest BCUT2D eigenvalue weighted by Crippen LogP contribution is -2.43. The summed E-state index contributed by atoms with van der Waals surface area (Å²) in [7, 11) is 0. The highest BCUT2D eigenvalue weighted by atomic mass is 16.6. The molecule has 0 amide bonds. The van der Waals surface area contributed by atoms with Gasteiger partial charge in [0.15, 0.2) is 6.29 Å². The summed E-state index contributed by atoms with van der Waals surface area (Å²) in [4.78, 5) is 10.5. The van der Waals surface area contributed by atoms with Gasteiger partial charge in [-0.1, -0.05) is 50.5 Å². The molecule has 0 unspecified atom stereocenters. The highest BCUT2D eigenvalue weighted by Gasteiger charge is 2.35. The Labute approximate surface area is 156 Å². The number of hydrogen-bond donors (Lipinski definition) is 4. The predicted molar refractivity (Wildman–Crippen MR) is 99.5 cm³/mol. The summed E-state index contributed by atoms with van der Waals surface area (Å²) < 4.78 is 5.54. The molecule has 6 heteroatoms. The zero-order valence-electron chi connectivity index (χ0n) is 15.7. The van der Waals surface area contributed by atoms with Crippen molar-refractivity contribution in [2.24, 2.45) is 5.92 Å². The third-order valence-corrected chi connectivity index (χ3v) is 4.64. The van der Waals surface area contributed by atoms with Crippen LogP contribution >= 0.6 is 0 Å². The van der Waals surface area contributed by atoms with Gasteiger partial charge in [-0.15, -0.1) is 0 Å². The van der Waals surface area contributed by atoms with Crippen LogP contribution in [0.4, 0.5) is 0 Å². The number of aliphatic carboxylic acids is 1. The number of aliphatic hydroxyl groups is 3. The second kappa shape index (κ2) is 13.0. The van der Waals surface area contributed by atoms with Crippen molar-refractivity contribution in [2.75, 3.05) is 0 Å². The predicted octanol–water partition coefficient (Wildman–Crippen LogP) is 2.77. The first kappa shape index (κ1) is 22.8. The molecule has 0 bridgehead atoms. The molecule has 0 aromatic carbocycles. The molecule has 150 valence electrons. The number of carboxylic acid groups (broad SMARTS) is 1. The molecule has 1 saturated heterocycles. The van der Waals surface area contributed by atoms with Gasteiger partial charge in [0.1, 0.15) is 0 Å². The molecule has 1 fully saturated rings. The van der Waals surface area contributed by atoms with Crippen molar-refractivity contribution in [2.45, 2.75) is 89.3 Å². The Morgan fingerprint density at radius 3 is 2.69 bits per heavy atom. The number of ether oxygens (including phenoxy) is 1.